The Morgan fingerprint density at radius 2 is 1.39 bits per heavy atom. The van der Waals surface area contributed by atoms with Crippen molar-refractivity contribution < 1.29 is 19.7 Å². The average Bonchev–Trinajstić information content (AvgIpc) is 2.67. The third kappa shape index (κ3) is 5.52. The van der Waals surface area contributed by atoms with E-state index in [0.29, 0.717) is 51.8 Å². The van der Waals surface area contributed by atoms with E-state index in [1.807, 2.05) is 12.1 Å². The molecule has 2 aromatic carbocycles. The van der Waals surface area contributed by atoms with E-state index < -0.39 is 0 Å². The highest BCUT2D eigenvalue weighted by Crippen LogP contribution is 2.45. The Hall–Kier alpha value is -1.98. The molecule has 0 spiro atoms. The van der Waals surface area contributed by atoms with Gasteiger partial charge in [-0.05, 0) is 47.8 Å². The highest BCUT2D eigenvalue weighted by molar-refractivity contribution is 6.39. The zero-order valence-corrected chi connectivity index (χ0v) is 18.1. The zero-order valence-electron chi connectivity index (χ0n) is 16.6. The quantitative estimate of drug-likeness (QED) is 0.361. The number of ether oxygens (including phenoxy) is 3. The van der Waals surface area contributed by atoms with Crippen molar-refractivity contribution in [3.8, 4) is 28.4 Å². The van der Waals surface area contributed by atoms with Gasteiger partial charge in [0.25, 0.3) is 0 Å². The summed E-state index contributed by atoms with van der Waals surface area (Å²) in [5, 5.41) is 4.84. The van der Waals surface area contributed by atoms with E-state index in [1.54, 1.807) is 19.2 Å². The molecule has 0 aliphatic heterocycles. The summed E-state index contributed by atoms with van der Waals surface area (Å²) in [6.07, 6.45) is 3.88. The highest BCUT2D eigenvalue weighted by Gasteiger charge is 2.19. The van der Waals surface area contributed by atoms with Crippen molar-refractivity contribution in [3.63, 3.8) is 0 Å². The van der Waals surface area contributed by atoms with Gasteiger partial charge in [0.05, 0.1) is 30.4 Å². The van der Waals surface area contributed by atoms with E-state index in [9.17, 15) is 0 Å². The van der Waals surface area contributed by atoms with Crippen molar-refractivity contribution in [2.45, 2.75) is 39.5 Å². The Morgan fingerprint density at radius 1 is 0.893 bits per heavy atom. The van der Waals surface area contributed by atoms with Gasteiger partial charge in [-0.3, -0.25) is 0 Å². The molecule has 5 nitrogen and oxygen atoms in total. The third-order valence-corrected chi connectivity index (χ3v) is 4.82. The molecule has 7 heteroatoms. The molecule has 0 aromatic heterocycles. The molecule has 0 radical (unpaired) electrons. The molecule has 0 aliphatic carbocycles. The van der Waals surface area contributed by atoms with Gasteiger partial charge in [0.2, 0.25) is 5.69 Å². The Kier molecular flexibility index (Phi) is 8.87. The van der Waals surface area contributed by atoms with Crippen molar-refractivity contribution >= 4 is 28.9 Å². The summed E-state index contributed by atoms with van der Waals surface area (Å²) in [5.41, 5.74) is 7.57. The lowest BCUT2D eigenvalue weighted by atomic mass is 10.0. The summed E-state index contributed by atoms with van der Waals surface area (Å²) in [7, 11) is 1.57. The zero-order chi connectivity index (χ0) is 20.5. The molecule has 0 heterocycles. The lowest BCUT2D eigenvalue weighted by molar-refractivity contribution is -0.210. The predicted octanol–water partition coefficient (Wildman–Crippen LogP) is 5.87. The van der Waals surface area contributed by atoms with Crippen LogP contribution in [0, 0.1) is 0 Å². The van der Waals surface area contributed by atoms with Crippen molar-refractivity contribution in [2.75, 3.05) is 20.3 Å². The molecule has 0 atom stereocenters. The fraction of sp³-hybridized carbons (Fsp3) is 0.429. The topological polar surface area (TPSA) is 65.6 Å². The van der Waals surface area contributed by atoms with Gasteiger partial charge in [0.15, 0.2) is 11.5 Å². The van der Waals surface area contributed by atoms with Crippen LogP contribution in [0.4, 0.5) is 5.69 Å². The second-order valence-electron chi connectivity index (χ2n) is 6.32. The molecule has 2 rings (SSSR count). The first-order valence-electron chi connectivity index (χ1n) is 9.43. The fourth-order valence-electron chi connectivity index (χ4n) is 2.67. The molecule has 0 saturated carbocycles. The van der Waals surface area contributed by atoms with E-state index in [1.165, 1.54) is 0 Å². The standard InChI is InChI=1S/C21H26Cl2N2O3/c1-4-6-8-27-18-10-14(11-19(21(18)25-24)28-9-7-5-2)20-16(22)12-15(26-3)13-17(20)23/h10-13,24H,4-9H2,1-3H3/p+1. The molecule has 0 fully saturated rings. The van der Waals surface area contributed by atoms with Crippen molar-refractivity contribution in [1.82, 2.24) is 0 Å². The Labute approximate surface area is 176 Å². The SMILES string of the molecule is CCCCOc1cc(-c2c(Cl)cc(OC)cc2Cl)cc(OCCCC)c1N=[NH2+]. The van der Waals surface area contributed by atoms with Crippen LogP contribution in [0.2, 0.25) is 10.0 Å². The number of unbranched alkanes of at least 4 members (excludes halogenated alkanes) is 2. The van der Waals surface area contributed by atoms with Crippen LogP contribution in [-0.2, 0) is 0 Å². The van der Waals surface area contributed by atoms with Crippen molar-refractivity contribution in [2.24, 2.45) is 5.11 Å². The minimum absolute atomic E-state index is 0.473. The highest BCUT2D eigenvalue weighted by atomic mass is 35.5. The van der Waals surface area contributed by atoms with E-state index >= 15 is 0 Å². The summed E-state index contributed by atoms with van der Waals surface area (Å²) in [6.45, 7) is 5.32. The summed E-state index contributed by atoms with van der Waals surface area (Å²) in [6, 6.07) is 7.12. The van der Waals surface area contributed by atoms with Crippen LogP contribution < -0.4 is 19.7 Å². The van der Waals surface area contributed by atoms with Crippen molar-refractivity contribution in [3.05, 3.63) is 34.3 Å². The molecule has 28 heavy (non-hydrogen) atoms. The first-order chi connectivity index (χ1) is 13.5. The van der Waals surface area contributed by atoms with Crippen LogP contribution in [-0.4, -0.2) is 20.3 Å². The number of nitrogens with zero attached hydrogens (tertiary/aromatic N) is 1. The molecular formula is C21H27Cl2N2O3+. The second kappa shape index (κ2) is 11.1. The monoisotopic (exact) mass is 425 g/mol. The van der Waals surface area contributed by atoms with E-state index in [2.05, 4.69) is 19.0 Å². The number of methoxy groups -OCH3 is 1. The molecular weight excluding hydrogens is 399 g/mol. The molecule has 0 saturated heterocycles. The normalized spacial score (nSPS) is 10.6. The lowest BCUT2D eigenvalue weighted by Crippen LogP contribution is -2.22. The number of hydrogen-bond donors (Lipinski definition) is 1. The number of rotatable bonds is 11. The number of benzene rings is 2. The molecule has 152 valence electrons. The van der Waals surface area contributed by atoms with Gasteiger partial charge in [0, 0.05) is 5.56 Å². The van der Waals surface area contributed by atoms with Crippen molar-refractivity contribution in [1.29, 1.82) is 0 Å². The first-order valence-corrected chi connectivity index (χ1v) is 10.2. The van der Waals surface area contributed by atoms with E-state index in [4.69, 9.17) is 42.9 Å². The Bertz CT molecular complexity index is 758. The minimum atomic E-state index is 0.473. The molecule has 0 unspecified atom stereocenters. The minimum Gasteiger partial charge on any atom is -0.497 e. The predicted molar refractivity (Wildman–Crippen MR) is 113 cm³/mol. The fourth-order valence-corrected chi connectivity index (χ4v) is 3.36. The van der Waals surface area contributed by atoms with Gasteiger partial charge in [-0.25, -0.2) is 0 Å². The first kappa shape index (κ1) is 22.3. The second-order valence-corrected chi connectivity index (χ2v) is 7.13. The summed E-state index contributed by atoms with van der Waals surface area (Å²) < 4.78 is 17.1. The summed E-state index contributed by atoms with van der Waals surface area (Å²) in [5.74, 6) is 1.68. The number of halogens is 2. The lowest BCUT2D eigenvalue weighted by Gasteiger charge is -2.16. The van der Waals surface area contributed by atoms with Gasteiger partial charge >= 0.3 is 0 Å². The summed E-state index contributed by atoms with van der Waals surface area (Å²) in [4.78, 5) is 0. The largest absolute Gasteiger partial charge is 0.497 e. The molecule has 0 bridgehead atoms. The van der Waals surface area contributed by atoms with Crippen LogP contribution in [0.5, 0.6) is 17.2 Å². The maximum atomic E-state index is 6.49. The van der Waals surface area contributed by atoms with Gasteiger partial charge < -0.3 is 14.2 Å². The summed E-state index contributed by atoms with van der Waals surface area (Å²) >= 11 is 13.0. The molecule has 0 aliphatic rings. The van der Waals surface area contributed by atoms with Gasteiger partial charge in [0.1, 0.15) is 5.75 Å². The Balaban J connectivity index is 2.55. The maximum absolute atomic E-state index is 6.49. The van der Waals surface area contributed by atoms with Crippen LogP contribution in [0.3, 0.4) is 0 Å². The van der Waals surface area contributed by atoms with Gasteiger partial charge in [-0.2, -0.15) is 5.53 Å². The van der Waals surface area contributed by atoms with Crippen LogP contribution >= 0.6 is 23.2 Å². The van der Waals surface area contributed by atoms with Gasteiger partial charge in [-0.15, -0.1) is 0 Å². The smallest absolute Gasteiger partial charge is 0.213 e. The van der Waals surface area contributed by atoms with Gasteiger partial charge in [-0.1, -0.05) is 49.9 Å². The average molecular weight is 426 g/mol. The molecule has 0 amide bonds. The van der Waals surface area contributed by atoms with E-state index in [0.717, 1.165) is 31.2 Å². The number of hydrogen-bond acceptors (Lipinski definition) is 4. The Morgan fingerprint density at radius 3 is 1.79 bits per heavy atom. The van der Waals surface area contributed by atoms with E-state index in [-0.39, 0.29) is 0 Å². The van der Waals surface area contributed by atoms with Crippen LogP contribution in [0.25, 0.3) is 11.1 Å². The maximum Gasteiger partial charge on any atom is 0.213 e. The third-order valence-electron chi connectivity index (χ3n) is 4.22. The molecule has 2 aromatic rings. The molecule has 2 N–H and O–H groups in total. The van der Waals surface area contributed by atoms with Crippen LogP contribution in [0.15, 0.2) is 29.4 Å². The van der Waals surface area contributed by atoms with Crippen LogP contribution in [0.1, 0.15) is 39.5 Å². The number of nitrogens with two attached hydrogens (primary N) is 1.